The summed E-state index contributed by atoms with van der Waals surface area (Å²) in [5, 5.41) is 0. The molecule has 0 saturated carbocycles. The Morgan fingerprint density at radius 1 is 0.560 bits per heavy atom. The minimum absolute atomic E-state index is 0.254. The molecule has 0 amide bonds. The second kappa shape index (κ2) is 7.86. The Kier molecular flexibility index (Phi) is 5.15. The molecule has 0 radical (unpaired) electrons. The Hall–Kier alpha value is -2.09. The molecule has 2 heterocycles. The van der Waals surface area contributed by atoms with E-state index in [0.29, 0.717) is 0 Å². The van der Waals surface area contributed by atoms with Crippen molar-refractivity contribution in [2.24, 2.45) is 0 Å². The van der Waals surface area contributed by atoms with Gasteiger partial charge in [-0.1, -0.05) is 0 Å². The monoisotopic (exact) mass is 456 g/mol. The fourth-order valence-electron chi connectivity index (χ4n) is 2.49. The summed E-state index contributed by atoms with van der Waals surface area (Å²) in [7, 11) is 0. The molecule has 25 heavy (non-hydrogen) atoms. The van der Waals surface area contributed by atoms with E-state index in [1.54, 1.807) is 0 Å². The standard InChI is InChI=1S/C21H16N2Se2/c1-3-9-17(10-4-1)24-20-14-15-21(25-18-11-5-2-6-12-18)23(20)19-13-7-8-16-22-19/h1-16H. The van der Waals surface area contributed by atoms with Crippen LogP contribution in [0.5, 0.6) is 0 Å². The molecule has 0 aliphatic rings. The molecule has 2 aromatic carbocycles. The maximum absolute atomic E-state index is 4.61. The number of hydrogen-bond acceptors (Lipinski definition) is 1. The van der Waals surface area contributed by atoms with Crippen molar-refractivity contribution in [1.29, 1.82) is 0 Å². The first-order valence-corrected chi connectivity index (χ1v) is 11.4. The molecule has 2 nitrogen and oxygen atoms in total. The molecule has 0 spiro atoms. The summed E-state index contributed by atoms with van der Waals surface area (Å²) in [6, 6.07) is 32.1. The Labute approximate surface area is 160 Å². The molecule has 0 unspecified atom stereocenters. The van der Waals surface area contributed by atoms with Crippen LogP contribution in [0.25, 0.3) is 5.82 Å². The normalized spacial score (nSPS) is 10.7. The van der Waals surface area contributed by atoms with E-state index in [1.807, 2.05) is 12.3 Å². The summed E-state index contributed by atoms with van der Waals surface area (Å²) in [4.78, 5) is 4.61. The molecule has 0 aliphatic carbocycles. The van der Waals surface area contributed by atoms with E-state index in [-0.39, 0.29) is 29.9 Å². The number of nitrogens with zero attached hydrogens (tertiary/aromatic N) is 2. The summed E-state index contributed by atoms with van der Waals surface area (Å²) in [5.41, 5.74) is 0. The van der Waals surface area contributed by atoms with Crippen LogP contribution in [0, 0.1) is 0 Å². The molecule has 0 atom stereocenters. The Morgan fingerprint density at radius 3 is 1.56 bits per heavy atom. The van der Waals surface area contributed by atoms with Gasteiger partial charge in [0.05, 0.1) is 0 Å². The summed E-state index contributed by atoms with van der Waals surface area (Å²) in [5.74, 6) is 1.01. The van der Waals surface area contributed by atoms with Gasteiger partial charge in [0.1, 0.15) is 0 Å². The molecular formula is C21H16N2Se2. The van der Waals surface area contributed by atoms with Crippen LogP contribution in [-0.4, -0.2) is 39.5 Å². The SMILES string of the molecule is c1ccc([Se]c2ccc([Se]c3ccccc3)n2-c2ccccn2)cc1. The van der Waals surface area contributed by atoms with Crippen LogP contribution < -0.4 is 18.1 Å². The predicted octanol–water partition coefficient (Wildman–Crippen LogP) is 1.18. The van der Waals surface area contributed by atoms with Gasteiger partial charge < -0.3 is 0 Å². The van der Waals surface area contributed by atoms with Crippen molar-refractivity contribution < 1.29 is 0 Å². The number of rotatable bonds is 5. The molecule has 0 bridgehead atoms. The minimum atomic E-state index is 0.254. The van der Waals surface area contributed by atoms with Crippen LogP contribution >= 0.6 is 0 Å². The van der Waals surface area contributed by atoms with Crippen molar-refractivity contribution >= 4 is 48.0 Å². The van der Waals surface area contributed by atoms with Crippen LogP contribution in [0.1, 0.15) is 0 Å². The van der Waals surface area contributed by atoms with Crippen LogP contribution in [0.3, 0.4) is 0 Å². The summed E-state index contributed by atoms with van der Waals surface area (Å²) in [6.07, 6.45) is 1.87. The zero-order valence-corrected chi connectivity index (χ0v) is 16.9. The van der Waals surface area contributed by atoms with E-state index < -0.39 is 0 Å². The number of pyridine rings is 1. The van der Waals surface area contributed by atoms with Gasteiger partial charge in [-0.2, -0.15) is 0 Å². The van der Waals surface area contributed by atoms with Gasteiger partial charge in [-0.15, -0.1) is 0 Å². The van der Waals surface area contributed by atoms with E-state index in [1.165, 1.54) is 18.1 Å². The van der Waals surface area contributed by atoms with Gasteiger partial charge in [0, 0.05) is 0 Å². The van der Waals surface area contributed by atoms with Crippen molar-refractivity contribution in [2.45, 2.75) is 0 Å². The van der Waals surface area contributed by atoms with Crippen LogP contribution in [0.15, 0.2) is 97.2 Å². The van der Waals surface area contributed by atoms with E-state index in [0.717, 1.165) is 5.82 Å². The molecular weight excluding hydrogens is 438 g/mol. The summed E-state index contributed by atoms with van der Waals surface area (Å²) >= 11 is 0.508. The first kappa shape index (κ1) is 16.4. The first-order valence-electron chi connectivity index (χ1n) is 7.99. The summed E-state index contributed by atoms with van der Waals surface area (Å²) < 4.78 is 7.78. The molecule has 0 aliphatic heterocycles. The van der Waals surface area contributed by atoms with Crippen LogP contribution in [0.2, 0.25) is 0 Å². The van der Waals surface area contributed by atoms with Crippen molar-refractivity contribution in [3.05, 3.63) is 97.2 Å². The Balaban J connectivity index is 1.74. The Morgan fingerprint density at radius 2 is 1.08 bits per heavy atom. The van der Waals surface area contributed by atoms with Crippen molar-refractivity contribution in [3.63, 3.8) is 0 Å². The molecule has 4 aromatic rings. The second-order valence-electron chi connectivity index (χ2n) is 5.36. The average Bonchev–Trinajstić information content (AvgIpc) is 3.06. The molecule has 4 rings (SSSR count). The second-order valence-corrected chi connectivity index (χ2v) is 9.95. The molecule has 122 valence electrons. The van der Waals surface area contributed by atoms with E-state index in [2.05, 4.69) is 94.5 Å². The number of aromatic nitrogens is 2. The topological polar surface area (TPSA) is 17.8 Å². The van der Waals surface area contributed by atoms with Crippen molar-refractivity contribution in [3.8, 4) is 5.82 Å². The fourth-order valence-corrected chi connectivity index (χ4v) is 6.79. The third-order valence-electron chi connectivity index (χ3n) is 3.62. The average molecular weight is 454 g/mol. The summed E-state index contributed by atoms with van der Waals surface area (Å²) in [6.45, 7) is 0. The molecule has 0 saturated heterocycles. The molecule has 0 fully saturated rings. The van der Waals surface area contributed by atoms with Gasteiger partial charge in [-0.05, 0) is 0 Å². The van der Waals surface area contributed by atoms with E-state index >= 15 is 0 Å². The van der Waals surface area contributed by atoms with Gasteiger partial charge in [0.15, 0.2) is 0 Å². The van der Waals surface area contributed by atoms with Crippen molar-refractivity contribution in [1.82, 2.24) is 9.55 Å². The third kappa shape index (κ3) is 3.95. The predicted molar refractivity (Wildman–Crippen MR) is 106 cm³/mol. The number of hydrogen-bond donors (Lipinski definition) is 0. The van der Waals surface area contributed by atoms with Gasteiger partial charge in [0.25, 0.3) is 0 Å². The quantitative estimate of drug-likeness (QED) is 0.415. The van der Waals surface area contributed by atoms with Crippen LogP contribution in [-0.2, 0) is 0 Å². The van der Waals surface area contributed by atoms with Crippen molar-refractivity contribution in [2.75, 3.05) is 0 Å². The molecule has 0 N–H and O–H groups in total. The molecule has 2 aromatic heterocycles. The third-order valence-corrected chi connectivity index (χ3v) is 7.96. The van der Waals surface area contributed by atoms with Gasteiger partial charge in [-0.25, -0.2) is 0 Å². The van der Waals surface area contributed by atoms with E-state index in [9.17, 15) is 0 Å². The van der Waals surface area contributed by atoms with Gasteiger partial charge >= 0.3 is 161 Å². The zero-order chi connectivity index (χ0) is 16.9. The number of benzene rings is 2. The van der Waals surface area contributed by atoms with Gasteiger partial charge in [-0.3, -0.25) is 0 Å². The van der Waals surface area contributed by atoms with Gasteiger partial charge in [0.2, 0.25) is 0 Å². The van der Waals surface area contributed by atoms with Crippen LogP contribution in [0.4, 0.5) is 0 Å². The fraction of sp³-hybridized carbons (Fsp3) is 0. The first-order chi connectivity index (χ1) is 12.4. The Bertz CT molecular complexity index is 877. The zero-order valence-electron chi connectivity index (χ0n) is 13.4. The molecule has 4 heteroatoms. The van der Waals surface area contributed by atoms with E-state index in [4.69, 9.17) is 0 Å². The maximum atomic E-state index is 4.61.